The maximum absolute atomic E-state index is 13.2. The Morgan fingerprint density at radius 3 is 2.81 bits per heavy atom. The lowest BCUT2D eigenvalue weighted by Crippen LogP contribution is -2.40. The van der Waals surface area contributed by atoms with Gasteiger partial charge in [0.1, 0.15) is 0 Å². The summed E-state index contributed by atoms with van der Waals surface area (Å²) < 4.78 is 28.1. The van der Waals surface area contributed by atoms with Crippen LogP contribution in [-0.4, -0.2) is 59.8 Å². The molecule has 2 aliphatic rings. The molecule has 4 rings (SSSR count). The summed E-state index contributed by atoms with van der Waals surface area (Å²) in [4.78, 5) is 10.0. The number of nitrogens with one attached hydrogen (secondary N) is 1. The van der Waals surface area contributed by atoms with Gasteiger partial charge in [-0.25, -0.2) is 13.4 Å². The van der Waals surface area contributed by atoms with E-state index in [1.807, 2.05) is 0 Å². The Kier molecular flexibility index (Phi) is 5.03. The molecule has 1 N–H and O–H groups in total. The van der Waals surface area contributed by atoms with Crippen molar-refractivity contribution in [3.63, 3.8) is 0 Å². The molecule has 0 spiro atoms. The van der Waals surface area contributed by atoms with Gasteiger partial charge >= 0.3 is 0 Å². The van der Waals surface area contributed by atoms with Crippen LogP contribution in [-0.2, 0) is 10.0 Å². The van der Waals surface area contributed by atoms with Crippen LogP contribution in [0.5, 0.6) is 0 Å². The SMILES string of the molecule is CC1CCN(CC[C@H]2CCCN2S(=O)(=O)c2ccc3nc[nH]c3c2)CC1. The molecular formula is C19H28N4O2S. The van der Waals surface area contributed by atoms with Crippen LogP contribution in [0, 0.1) is 5.92 Å². The number of benzene rings is 1. The molecule has 0 radical (unpaired) electrons. The van der Waals surface area contributed by atoms with Crippen molar-refractivity contribution in [2.75, 3.05) is 26.2 Å². The van der Waals surface area contributed by atoms with Crippen molar-refractivity contribution in [3.05, 3.63) is 24.5 Å². The predicted molar refractivity (Wildman–Crippen MR) is 102 cm³/mol. The molecule has 1 aromatic carbocycles. The highest BCUT2D eigenvalue weighted by atomic mass is 32.2. The van der Waals surface area contributed by atoms with Gasteiger partial charge < -0.3 is 9.88 Å². The monoisotopic (exact) mass is 376 g/mol. The molecular weight excluding hydrogens is 348 g/mol. The van der Waals surface area contributed by atoms with Gasteiger partial charge in [-0.2, -0.15) is 4.31 Å². The van der Waals surface area contributed by atoms with Gasteiger partial charge in [-0.05, 0) is 75.9 Å². The molecule has 3 heterocycles. The fourth-order valence-corrected chi connectivity index (χ4v) is 5.99. The molecule has 2 aliphatic heterocycles. The Balaban J connectivity index is 1.46. The second-order valence-electron chi connectivity index (χ2n) is 7.81. The first-order chi connectivity index (χ1) is 12.5. The summed E-state index contributed by atoms with van der Waals surface area (Å²) in [6.07, 6.45) is 6.97. The number of hydrogen-bond acceptors (Lipinski definition) is 4. The lowest BCUT2D eigenvalue weighted by molar-refractivity contribution is 0.179. The van der Waals surface area contributed by atoms with Crippen molar-refractivity contribution in [2.45, 2.75) is 50.0 Å². The van der Waals surface area contributed by atoms with E-state index < -0.39 is 10.0 Å². The Hall–Kier alpha value is -1.44. The standard InChI is InChI=1S/C19H28N4O2S/c1-15-6-10-22(11-7-15)12-8-16-3-2-9-23(16)26(24,25)17-4-5-18-19(13-17)21-14-20-18/h4-5,13-16H,2-3,6-12H2,1H3,(H,20,21)/t16-/m1/s1. The van der Waals surface area contributed by atoms with E-state index in [9.17, 15) is 8.42 Å². The van der Waals surface area contributed by atoms with Gasteiger partial charge in [-0.15, -0.1) is 0 Å². The number of nitrogens with zero attached hydrogens (tertiary/aromatic N) is 3. The van der Waals surface area contributed by atoms with Crippen molar-refractivity contribution in [1.29, 1.82) is 0 Å². The van der Waals surface area contributed by atoms with Gasteiger partial charge in [0.25, 0.3) is 0 Å². The van der Waals surface area contributed by atoms with Crippen LogP contribution in [0.25, 0.3) is 11.0 Å². The van der Waals surface area contributed by atoms with E-state index in [-0.39, 0.29) is 6.04 Å². The van der Waals surface area contributed by atoms with Crippen molar-refractivity contribution in [2.24, 2.45) is 5.92 Å². The van der Waals surface area contributed by atoms with E-state index in [1.54, 1.807) is 28.8 Å². The van der Waals surface area contributed by atoms with Crippen molar-refractivity contribution in [1.82, 2.24) is 19.2 Å². The molecule has 2 saturated heterocycles. The lowest BCUT2D eigenvalue weighted by Gasteiger charge is -2.32. The first-order valence-electron chi connectivity index (χ1n) is 9.71. The largest absolute Gasteiger partial charge is 0.345 e. The second-order valence-corrected chi connectivity index (χ2v) is 9.70. The third kappa shape index (κ3) is 3.52. The number of rotatable bonds is 5. The van der Waals surface area contributed by atoms with Crippen LogP contribution in [0.2, 0.25) is 0 Å². The van der Waals surface area contributed by atoms with Crippen LogP contribution >= 0.6 is 0 Å². The molecule has 7 heteroatoms. The van der Waals surface area contributed by atoms with Crippen LogP contribution in [0.15, 0.2) is 29.4 Å². The Morgan fingerprint density at radius 2 is 2.00 bits per heavy atom. The molecule has 142 valence electrons. The molecule has 26 heavy (non-hydrogen) atoms. The summed E-state index contributed by atoms with van der Waals surface area (Å²) in [6, 6.07) is 5.29. The van der Waals surface area contributed by atoms with Crippen LogP contribution in [0.4, 0.5) is 0 Å². The summed E-state index contributed by atoms with van der Waals surface area (Å²) >= 11 is 0. The quantitative estimate of drug-likeness (QED) is 0.871. The smallest absolute Gasteiger partial charge is 0.243 e. The number of hydrogen-bond donors (Lipinski definition) is 1. The minimum atomic E-state index is -3.45. The number of H-pyrrole nitrogens is 1. The van der Waals surface area contributed by atoms with Gasteiger partial charge in [0.05, 0.1) is 22.3 Å². The van der Waals surface area contributed by atoms with E-state index >= 15 is 0 Å². The molecule has 0 unspecified atom stereocenters. The molecule has 2 aromatic rings. The van der Waals surface area contributed by atoms with Crippen LogP contribution in [0.1, 0.15) is 39.0 Å². The zero-order valence-electron chi connectivity index (χ0n) is 15.4. The van der Waals surface area contributed by atoms with E-state index in [0.29, 0.717) is 11.4 Å². The van der Waals surface area contributed by atoms with Crippen LogP contribution in [0.3, 0.4) is 0 Å². The highest BCUT2D eigenvalue weighted by Gasteiger charge is 2.35. The van der Waals surface area contributed by atoms with Crippen LogP contribution < -0.4 is 0 Å². The van der Waals surface area contributed by atoms with Gasteiger partial charge in [0.15, 0.2) is 0 Å². The van der Waals surface area contributed by atoms with Crippen molar-refractivity contribution < 1.29 is 8.42 Å². The van der Waals surface area contributed by atoms with E-state index in [0.717, 1.165) is 55.8 Å². The summed E-state index contributed by atoms with van der Waals surface area (Å²) in [7, 11) is -3.45. The third-order valence-electron chi connectivity index (χ3n) is 5.98. The van der Waals surface area contributed by atoms with Gasteiger partial charge in [-0.3, -0.25) is 0 Å². The number of aromatic amines is 1. The number of aromatic nitrogens is 2. The fraction of sp³-hybridized carbons (Fsp3) is 0.632. The number of piperidine rings is 1. The van der Waals surface area contributed by atoms with Crippen molar-refractivity contribution in [3.8, 4) is 0 Å². The summed E-state index contributed by atoms with van der Waals surface area (Å²) in [6.45, 7) is 6.25. The number of imidazole rings is 1. The normalized spacial score (nSPS) is 23.8. The fourth-order valence-electron chi connectivity index (χ4n) is 4.24. The molecule has 0 aliphatic carbocycles. The number of sulfonamides is 1. The number of fused-ring (bicyclic) bond motifs is 1. The average Bonchev–Trinajstić information content (AvgIpc) is 3.30. The first kappa shape index (κ1) is 17.9. The van der Waals surface area contributed by atoms with Crippen molar-refractivity contribution >= 4 is 21.1 Å². The van der Waals surface area contributed by atoms with Gasteiger partial charge in [0, 0.05) is 12.6 Å². The molecule has 2 fully saturated rings. The maximum atomic E-state index is 13.2. The summed E-state index contributed by atoms with van der Waals surface area (Å²) in [5.41, 5.74) is 1.56. The first-order valence-corrected chi connectivity index (χ1v) is 11.2. The number of likely N-dealkylation sites (tertiary alicyclic amines) is 1. The van der Waals surface area contributed by atoms with E-state index in [1.165, 1.54) is 12.8 Å². The zero-order chi connectivity index (χ0) is 18.1. The minimum Gasteiger partial charge on any atom is -0.345 e. The lowest BCUT2D eigenvalue weighted by atomic mass is 9.99. The topological polar surface area (TPSA) is 69.3 Å². The highest BCUT2D eigenvalue weighted by Crippen LogP contribution is 2.29. The molecule has 6 nitrogen and oxygen atoms in total. The Morgan fingerprint density at radius 1 is 1.19 bits per heavy atom. The van der Waals surface area contributed by atoms with E-state index in [2.05, 4.69) is 21.8 Å². The summed E-state index contributed by atoms with van der Waals surface area (Å²) in [5, 5.41) is 0. The molecule has 1 aromatic heterocycles. The minimum absolute atomic E-state index is 0.122. The second kappa shape index (κ2) is 7.29. The maximum Gasteiger partial charge on any atom is 0.243 e. The summed E-state index contributed by atoms with van der Waals surface area (Å²) in [5.74, 6) is 0.826. The average molecular weight is 377 g/mol. The third-order valence-corrected chi connectivity index (χ3v) is 7.92. The predicted octanol–water partition coefficient (Wildman–Crippen LogP) is 2.84. The Bertz CT molecular complexity index is 855. The van der Waals surface area contributed by atoms with Gasteiger partial charge in [-0.1, -0.05) is 6.92 Å². The highest BCUT2D eigenvalue weighted by molar-refractivity contribution is 7.89. The molecule has 1 atom stereocenters. The molecule has 0 amide bonds. The Labute approximate surface area is 155 Å². The van der Waals surface area contributed by atoms with Gasteiger partial charge in [0.2, 0.25) is 10.0 Å². The molecule has 0 saturated carbocycles. The zero-order valence-corrected chi connectivity index (χ0v) is 16.2. The van der Waals surface area contributed by atoms with E-state index in [4.69, 9.17) is 0 Å². The molecule has 0 bridgehead atoms.